The number of amides is 1. The summed E-state index contributed by atoms with van der Waals surface area (Å²) in [5.41, 5.74) is 5.35. The normalized spacial score (nSPS) is 10.3. The lowest BCUT2D eigenvalue weighted by Gasteiger charge is -2.13. The fourth-order valence-electron chi connectivity index (χ4n) is 2.67. The van der Waals surface area contributed by atoms with E-state index in [4.69, 9.17) is 0 Å². The molecule has 0 spiro atoms. The van der Waals surface area contributed by atoms with Crippen LogP contribution in [0.5, 0.6) is 0 Å². The van der Waals surface area contributed by atoms with Crippen molar-refractivity contribution in [3.05, 3.63) is 78.1 Å². The van der Waals surface area contributed by atoms with E-state index in [1.54, 1.807) is 18.5 Å². The molecule has 1 heterocycles. The predicted molar refractivity (Wildman–Crippen MR) is 112 cm³/mol. The number of hydrogen-bond donors (Lipinski definition) is 2. The Hall–Kier alpha value is -3.34. The van der Waals surface area contributed by atoms with Crippen LogP contribution < -0.4 is 15.5 Å². The predicted octanol–water partition coefficient (Wildman–Crippen LogP) is 4.71. The van der Waals surface area contributed by atoms with Crippen molar-refractivity contribution in [1.29, 1.82) is 0 Å². The van der Waals surface area contributed by atoms with Crippen LogP contribution in [0, 0.1) is 0 Å². The number of aryl methyl sites for hydroxylation is 1. The molecular weight excluding hydrogens is 336 g/mol. The van der Waals surface area contributed by atoms with Gasteiger partial charge in [0.15, 0.2) is 0 Å². The van der Waals surface area contributed by atoms with E-state index in [1.807, 2.05) is 67.5 Å². The van der Waals surface area contributed by atoms with Crippen LogP contribution in [0.2, 0.25) is 0 Å². The average Bonchev–Trinajstić information content (AvgIpc) is 2.69. The molecule has 5 heteroatoms. The minimum atomic E-state index is -0.182. The monoisotopic (exact) mass is 360 g/mol. The van der Waals surface area contributed by atoms with E-state index in [2.05, 4.69) is 22.5 Å². The molecule has 1 amide bonds. The van der Waals surface area contributed by atoms with Crippen molar-refractivity contribution in [3.63, 3.8) is 0 Å². The van der Waals surface area contributed by atoms with E-state index in [1.165, 1.54) is 5.56 Å². The smallest absolute Gasteiger partial charge is 0.257 e. The molecule has 3 rings (SSSR count). The molecule has 0 radical (unpaired) electrons. The first-order valence-corrected chi connectivity index (χ1v) is 8.95. The highest BCUT2D eigenvalue weighted by molar-refractivity contribution is 6.04. The first-order chi connectivity index (χ1) is 13.0. The molecule has 1 aromatic heterocycles. The molecule has 2 N–H and O–H groups in total. The molecule has 0 aliphatic rings. The number of rotatable bonds is 6. The van der Waals surface area contributed by atoms with E-state index in [-0.39, 0.29) is 5.91 Å². The number of carbonyl (C=O) groups is 1. The molecule has 0 aliphatic carbocycles. The van der Waals surface area contributed by atoms with E-state index in [9.17, 15) is 4.79 Å². The zero-order valence-electron chi connectivity index (χ0n) is 15.9. The van der Waals surface area contributed by atoms with Crippen LogP contribution >= 0.6 is 0 Å². The van der Waals surface area contributed by atoms with Gasteiger partial charge in [-0.3, -0.25) is 9.78 Å². The summed E-state index contributed by atoms with van der Waals surface area (Å²) in [5.74, 6) is -0.182. The third kappa shape index (κ3) is 4.85. The Labute approximate surface area is 160 Å². The number of nitrogens with one attached hydrogen (secondary N) is 2. The maximum atomic E-state index is 12.5. The fourth-order valence-corrected chi connectivity index (χ4v) is 2.67. The van der Waals surface area contributed by atoms with Gasteiger partial charge in [0, 0.05) is 37.4 Å². The van der Waals surface area contributed by atoms with Crippen LogP contribution in [-0.4, -0.2) is 25.0 Å². The van der Waals surface area contributed by atoms with Gasteiger partial charge in [-0.15, -0.1) is 0 Å². The highest BCUT2D eigenvalue weighted by Crippen LogP contribution is 2.20. The summed E-state index contributed by atoms with van der Waals surface area (Å²) in [5, 5.41) is 6.19. The Kier molecular flexibility index (Phi) is 5.71. The van der Waals surface area contributed by atoms with Crippen LogP contribution in [0.3, 0.4) is 0 Å². The Morgan fingerprint density at radius 2 is 1.59 bits per heavy atom. The number of pyridine rings is 1. The van der Waals surface area contributed by atoms with Gasteiger partial charge in [0.1, 0.15) is 0 Å². The number of nitrogens with zero attached hydrogens (tertiary/aromatic N) is 2. The molecule has 0 fully saturated rings. The van der Waals surface area contributed by atoms with E-state index < -0.39 is 0 Å². The first kappa shape index (κ1) is 18.5. The minimum Gasteiger partial charge on any atom is -0.378 e. The van der Waals surface area contributed by atoms with Crippen molar-refractivity contribution in [3.8, 4) is 0 Å². The van der Waals surface area contributed by atoms with Gasteiger partial charge in [-0.2, -0.15) is 0 Å². The lowest BCUT2D eigenvalue weighted by molar-refractivity contribution is 0.102. The number of carbonyl (C=O) groups excluding carboxylic acids is 1. The van der Waals surface area contributed by atoms with Gasteiger partial charge < -0.3 is 15.5 Å². The summed E-state index contributed by atoms with van der Waals surface area (Å²) < 4.78 is 0. The Morgan fingerprint density at radius 1 is 0.926 bits per heavy atom. The van der Waals surface area contributed by atoms with Gasteiger partial charge in [-0.1, -0.05) is 19.1 Å². The van der Waals surface area contributed by atoms with Gasteiger partial charge in [-0.25, -0.2) is 0 Å². The second kappa shape index (κ2) is 8.36. The van der Waals surface area contributed by atoms with E-state index >= 15 is 0 Å². The maximum absolute atomic E-state index is 12.5. The summed E-state index contributed by atoms with van der Waals surface area (Å²) in [6.45, 7) is 2.10. The molecule has 0 unspecified atom stereocenters. The van der Waals surface area contributed by atoms with Crippen molar-refractivity contribution in [2.75, 3.05) is 29.6 Å². The second-order valence-corrected chi connectivity index (χ2v) is 6.53. The molecule has 138 valence electrons. The zero-order chi connectivity index (χ0) is 19.2. The molecule has 0 bridgehead atoms. The van der Waals surface area contributed by atoms with Crippen LogP contribution in [0.4, 0.5) is 22.7 Å². The summed E-state index contributed by atoms with van der Waals surface area (Å²) in [6, 6.07) is 17.7. The van der Waals surface area contributed by atoms with Crippen molar-refractivity contribution < 1.29 is 4.79 Å². The number of hydrogen-bond acceptors (Lipinski definition) is 4. The highest BCUT2D eigenvalue weighted by Gasteiger charge is 2.08. The molecule has 0 saturated carbocycles. The SMILES string of the molecule is CCc1ccc(NC(=O)c2cncc(Nc3ccc(N(C)C)cc3)c2)cc1. The first-order valence-electron chi connectivity index (χ1n) is 8.95. The Balaban J connectivity index is 1.69. The lowest BCUT2D eigenvalue weighted by atomic mass is 10.1. The van der Waals surface area contributed by atoms with Crippen molar-refractivity contribution in [2.45, 2.75) is 13.3 Å². The topological polar surface area (TPSA) is 57.3 Å². The van der Waals surface area contributed by atoms with Gasteiger partial charge in [0.25, 0.3) is 5.91 Å². The van der Waals surface area contributed by atoms with Crippen molar-refractivity contribution in [1.82, 2.24) is 4.98 Å². The van der Waals surface area contributed by atoms with Crippen LogP contribution in [0.15, 0.2) is 67.0 Å². The molecule has 0 saturated heterocycles. The summed E-state index contributed by atoms with van der Waals surface area (Å²) in [4.78, 5) is 18.7. The van der Waals surface area contributed by atoms with Crippen LogP contribution in [0.25, 0.3) is 0 Å². The van der Waals surface area contributed by atoms with Crippen LogP contribution in [-0.2, 0) is 6.42 Å². The summed E-state index contributed by atoms with van der Waals surface area (Å²) >= 11 is 0. The highest BCUT2D eigenvalue weighted by atomic mass is 16.1. The summed E-state index contributed by atoms with van der Waals surface area (Å²) in [7, 11) is 4.01. The van der Waals surface area contributed by atoms with Crippen molar-refractivity contribution in [2.24, 2.45) is 0 Å². The average molecular weight is 360 g/mol. The molecule has 3 aromatic rings. The minimum absolute atomic E-state index is 0.182. The Bertz CT molecular complexity index is 902. The fraction of sp³-hybridized carbons (Fsp3) is 0.182. The molecule has 5 nitrogen and oxygen atoms in total. The largest absolute Gasteiger partial charge is 0.378 e. The number of anilines is 4. The maximum Gasteiger partial charge on any atom is 0.257 e. The number of benzene rings is 2. The second-order valence-electron chi connectivity index (χ2n) is 6.53. The molecule has 0 atom stereocenters. The zero-order valence-corrected chi connectivity index (χ0v) is 15.9. The third-order valence-electron chi connectivity index (χ3n) is 4.29. The van der Waals surface area contributed by atoms with Crippen LogP contribution in [0.1, 0.15) is 22.8 Å². The Morgan fingerprint density at radius 3 is 2.22 bits per heavy atom. The van der Waals surface area contributed by atoms with Gasteiger partial charge in [0.05, 0.1) is 17.4 Å². The standard InChI is InChI=1S/C22H24N4O/c1-4-16-5-7-19(8-6-16)25-22(27)17-13-20(15-23-14-17)24-18-9-11-21(12-10-18)26(2)3/h5-15,24H,4H2,1-3H3,(H,25,27). The summed E-state index contributed by atoms with van der Waals surface area (Å²) in [6.07, 6.45) is 4.24. The van der Waals surface area contributed by atoms with Gasteiger partial charge >= 0.3 is 0 Å². The number of aromatic nitrogens is 1. The third-order valence-corrected chi connectivity index (χ3v) is 4.29. The molecule has 0 aliphatic heterocycles. The van der Waals surface area contributed by atoms with Gasteiger partial charge in [-0.05, 0) is 54.4 Å². The molecular formula is C22H24N4O. The molecule has 27 heavy (non-hydrogen) atoms. The quantitative estimate of drug-likeness (QED) is 0.669. The lowest BCUT2D eigenvalue weighted by Crippen LogP contribution is -2.12. The van der Waals surface area contributed by atoms with Gasteiger partial charge in [0.2, 0.25) is 0 Å². The van der Waals surface area contributed by atoms with Crippen molar-refractivity contribution >= 4 is 28.7 Å². The van der Waals surface area contributed by atoms with E-state index in [0.717, 1.165) is 29.2 Å². The molecule has 2 aromatic carbocycles. The van der Waals surface area contributed by atoms with E-state index in [0.29, 0.717) is 5.56 Å².